The van der Waals surface area contributed by atoms with E-state index in [4.69, 9.17) is 0 Å². The van der Waals surface area contributed by atoms with Crippen LogP contribution in [0.1, 0.15) is 57.6 Å². The normalized spacial score (nSPS) is 27.0. The Labute approximate surface area is 104 Å². The van der Waals surface area contributed by atoms with Crippen LogP contribution >= 0.6 is 0 Å². The summed E-state index contributed by atoms with van der Waals surface area (Å²) in [6, 6.07) is 0. The van der Waals surface area contributed by atoms with Crippen LogP contribution in [0, 0.1) is 11.8 Å². The second-order valence-electron chi connectivity index (χ2n) is 5.51. The maximum absolute atomic E-state index is 10.4. The van der Waals surface area contributed by atoms with E-state index in [2.05, 4.69) is 18.9 Å². The molecule has 1 aliphatic rings. The van der Waals surface area contributed by atoms with Gasteiger partial charge in [-0.3, -0.25) is 4.68 Å². The third kappa shape index (κ3) is 3.09. The summed E-state index contributed by atoms with van der Waals surface area (Å²) >= 11 is 0. The molecule has 0 saturated heterocycles. The third-order valence-corrected chi connectivity index (χ3v) is 3.87. The van der Waals surface area contributed by atoms with Crippen LogP contribution in [0.3, 0.4) is 0 Å². The SMILES string of the molecule is CCCn1cc(C(O)C2CCCC(C)C2)cn1. The second-order valence-corrected chi connectivity index (χ2v) is 5.51. The van der Waals surface area contributed by atoms with Gasteiger partial charge in [-0.15, -0.1) is 0 Å². The zero-order valence-electron chi connectivity index (χ0n) is 11.0. The lowest BCUT2D eigenvalue weighted by molar-refractivity contribution is 0.0713. The monoisotopic (exact) mass is 236 g/mol. The van der Waals surface area contributed by atoms with Gasteiger partial charge in [0.1, 0.15) is 0 Å². The molecule has 1 aromatic rings. The molecule has 1 aromatic heterocycles. The van der Waals surface area contributed by atoms with Crippen LogP contribution in [0.25, 0.3) is 0 Å². The predicted molar refractivity (Wildman–Crippen MR) is 68.6 cm³/mol. The van der Waals surface area contributed by atoms with Crippen molar-refractivity contribution >= 4 is 0 Å². The summed E-state index contributed by atoms with van der Waals surface area (Å²) < 4.78 is 1.94. The molecule has 1 fully saturated rings. The Morgan fingerprint density at radius 2 is 2.35 bits per heavy atom. The maximum atomic E-state index is 10.4. The van der Waals surface area contributed by atoms with Crippen molar-refractivity contribution in [2.75, 3.05) is 0 Å². The molecular formula is C14H24N2O. The van der Waals surface area contributed by atoms with Gasteiger partial charge >= 0.3 is 0 Å². The summed E-state index contributed by atoms with van der Waals surface area (Å²) in [6.45, 7) is 5.37. The van der Waals surface area contributed by atoms with Gasteiger partial charge in [0.05, 0.1) is 12.3 Å². The van der Waals surface area contributed by atoms with Gasteiger partial charge in [0, 0.05) is 18.3 Å². The molecular weight excluding hydrogens is 212 g/mol. The Balaban J connectivity index is 1.99. The van der Waals surface area contributed by atoms with Crippen molar-refractivity contribution in [3.8, 4) is 0 Å². The minimum atomic E-state index is -0.316. The van der Waals surface area contributed by atoms with Crippen molar-refractivity contribution in [3.05, 3.63) is 18.0 Å². The van der Waals surface area contributed by atoms with Crippen LogP contribution in [0.4, 0.5) is 0 Å². The summed E-state index contributed by atoms with van der Waals surface area (Å²) in [5.41, 5.74) is 0.998. The van der Waals surface area contributed by atoms with Crippen molar-refractivity contribution < 1.29 is 5.11 Å². The number of aliphatic hydroxyl groups is 1. The Morgan fingerprint density at radius 3 is 3.06 bits per heavy atom. The van der Waals surface area contributed by atoms with Gasteiger partial charge in [0.15, 0.2) is 0 Å². The summed E-state index contributed by atoms with van der Waals surface area (Å²) in [6.07, 6.45) is 9.49. The lowest BCUT2D eigenvalue weighted by Gasteiger charge is -2.29. The molecule has 3 heteroatoms. The van der Waals surface area contributed by atoms with Crippen molar-refractivity contribution in [2.45, 2.75) is 58.6 Å². The smallest absolute Gasteiger partial charge is 0.0848 e. The van der Waals surface area contributed by atoms with E-state index in [0.717, 1.165) is 37.3 Å². The highest BCUT2D eigenvalue weighted by molar-refractivity contribution is 5.09. The Morgan fingerprint density at radius 1 is 1.53 bits per heavy atom. The molecule has 96 valence electrons. The summed E-state index contributed by atoms with van der Waals surface area (Å²) in [4.78, 5) is 0. The Hall–Kier alpha value is -0.830. The molecule has 17 heavy (non-hydrogen) atoms. The molecule has 1 aliphatic carbocycles. The van der Waals surface area contributed by atoms with Gasteiger partial charge in [-0.25, -0.2) is 0 Å². The first-order valence-corrected chi connectivity index (χ1v) is 6.91. The van der Waals surface area contributed by atoms with Crippen molar-refractivity contribution in [3.63, 3.8) is 0 Å². The van der Waals surface area contributed by atoms with Crippen LogP contribution in [0.5, 0.6) is 0 Å². The number of aromatic nitrogens is 2. The van der Waals surface area contributed by atoms with E-state index in [-0.39, 0.29) is 6.10 Å². The molecule has 1 heterocycles. The zero-order chi connectivity index (χ0) is 12.3. The maximum Gasteiger partial charge on any atom is 0.0848 e. The van der Waals surface area contributed by atoms with Gasteiger partial charge in [-0.1, -0.05) is 26.7 Å². The fourth-order valence-corrected chi connectivity index (χ4v) is 2.92. The molecule has 3 atom stereocenters. The molecule has 0 amide bonds. The first kappa shape index (κ1) is 12.6. The molecule has 1 N–H and O–H groups in total. The minimum absolute atomic E-state index is 0.316. The second kappa shape index (κ2) is 5.67. The van der Waals surface area contributed by atoms with E-state index in [0.29, 0.717) is 5.92 Å². The largest absolute Gasteiger partial charge is 0.388 e. The first-order valence-electron chi connectivity index (χ1n) is 6.91. The zero-order valence-corrected chi connectivity index (χ0v) is 11.0. The highest BCUT2D eigenvalue weighted by Crippen LogP contribution is 2.36. The van der Waals surface area contributed by atoms with Gasteiger partial charge in [0.25, 0.3) is 0 Å². The summed E-state index contributed by atoms with van der Waals surface area (Å²) in [7, 11) is 0. The topological polar surface area (TPSA) is 38.0 Å². The molecule has 0 bridgehead atoms. The van der Waals surface area contributed by atoms with E-state index < -0.39 is 0 Å². The number of nitrogens with zero attached hydrogens (tertiary/aromatic N) is 2. The van der Waals surface area contributed by atoms with Gasteiger partial charge in [-0.05, 0) is 31.1 Å². The molecule has 0 aliphatic heterocycles. The molecule has 1 saturated carbocycles. The van der Waals surface area contributed by atoms with Gasteiger partial charge < -0.3 is 5.11 Å². The standard InChI is InChI=1S/C14H24N2O/c1-3-7-16-10-13(9-15-16)14(17)12-6-4-5-11(2)8-12/h9-12,14,17H,3-8H2,1-2H3. The van der Waals surface area contributed by atoms with Crippen LogP contribution in [0.15, 0.2) is 12.4 Å². The number of aliphatic hydroxyl groups excluding tert-OH is 1. The van der Waals surface area contributed by atoms with Crippen molar-refractivity contribution in [1.29, 1.82) is 0 Å². The average molecular weight is 236 g/mol. The number of aryl methyl sites for hydroxylation is 1. The van der Waals surface area contributed by atoms with Crippen molar-refractivity contribution in [1.82, 2.24) is 9.78 Å². The fraction of sp³-hybridized carbons (Fsp3) is 0.786. The number of hydrogen-bond acceptors (Lipinski definition) is 2. The molecule has 0 aromatic carbocycles. The van der Waals surface area contributed by atoms with Crippen LogP contribution in [-0.2, 0) is 6.54 Å². The van der Waals surface area contributed by atoms with E-state index >= 15 is 0 Å². The number of hydrogen-bond donors (Lipinski definition) is 1. The van der Waals surface area contributed by atoms with Crippen LogP contribution in [0.2, 0.25) is 0 Å². The highest BCUT2D eigenvalue weighted by Gasteiger charge is 2.27. The van der Waals surface area contributed by atoms with Crippen molar-refractivity contribution in [2.24, 2.45) is 11.8 Å². The first-order chi connectivity index (χ1) is 8.20. The fourth-order valence-electron chi connectivity index (χ4n) is 2.92. The van der Waals surface area contributed by atoms with E-state index in [1.54, 1.807) is 0 Å². The molecule has 2 rings (SSSR count). The van der Waals surface area contributed by atoms with E-state index in [1.165, 1.54) is 12.8 Å². The minimum Gasteiger partial charge on any atom is -0.388 e. The number of rotatable bonds is 4. The average Bonchev–Trinajstić information content (AvgIpc) is 2.77. The van der Waals surface area contributed by atoms with Gasteiger partial charge in [0.2, 0.25) is 0 Å². The highest BCUT2D eigenvalue weighted by atomic mass is 16.3. The third-order valence-electron chi connectivity index (χ3n) is 3.87. The molecule has 3 unspecified atom stereocenters. The summed E-state index contributed by atoms with van der Waals surface area (Å²) in [5.74, 6) is 1.19. The van der Waals surface area contributed by atoms with Crippen LogP contribution < -0.4 is 0 Å². The van der Waals surface area contributed by atoms with Gasteiger partial charge in [-0.2, -0.15) is 5.10 Å². The molecule has 3 nitrogen and oxygen atoms in total. The predicted octanol–water partition coefficient (Wildman–Crippen LogP) is 3.15. The molecule has 0 spiro atoms. The van der Waals surface area contributed by atoms with E-state index in [1.807, 2.05) is 17.1 Å². The molecule has 0 radical (unpaired) electrons. The summed E-state index contributed by atoms with van der Waals surface area (Å²) in [5, 5.41) is 14.7. The Bertz CT molecular complexity index is 348. The Kier molecular flexibility index (Phi) is 4.21. The lowest BCUT2D eigenvalue weighted by Crippen LogP contribution is -2.19. The lowest BCUT2D eigenvalue weighted by atomic mass is 9.78. The van der Waals surface area contributed by atoms with Crippen LogP contribution in [-0.4, -0.2) is 14.9 Å². The van der Waals surface area contributed by atoms with E-state index in [9.17, 15) is 5.11 Å². The quantitative estimate of drug-likeness (QED) is 0.872.